The lowest BCUT2D eigenvalue weighted by molar-refractivity contribution is 0.179. The van der Waals surface area contributed by atoms with Crippen LogP contribution in [0.25, 0.3) is 0 Å². The Morgan fingerprint density at radius 3 is 2.43 bits per heavy atom. The molecule has 150 valence electrons. The van der Waals surface area contributed by atoms with Crippen molar-refractivity contribution in [1.82, 2.24) is 14.9 Å². The van der Waals surface area contributed by atoms with Crippen LogP contribution in [-0.4, -0.2) is 45.0 Å². The van der Waals surface area contributed by atoms with E-state index in [2.05, 4.69) is 22.2 Å². The zero-order chi connectivity index (χ0) is 19.6. The molecule has 2 fully saturated rings. The summed E-state index contributed by atoms with van der Waals surface area (Å²) in [5.74, 6) is 0. The molecule has 1 aromatic carbocycles. The highest BCUT2D eigenvalue weighted by Gasteiger charge is 2.44. The minimum atomic E-state index is -3.46. The van der Waals surface area contributed by atoms with Crippen molar-refractivity contribution in [2.75, 3.05) is 19.6 Å². The number of hydrogen-bond donors (Lipinski definition) is 2. The standard InChI is InChI=1S/C20H25N3O3S2/c24-19(21-15-20(10-11-20)16-5-2-1-3-6-16)23-12-8-17(9-13-23)22-28(25,26)18-7-4-14-27-18/h1-7,14,17,22H,8-13,15H2,(H,21,24). The maximum atomic E-state index is 12.6. The van der Waals surface area contributed by atoms with Gasteiger partial charge in [0.25, 0.3) is 0 Å². The summed E-state index contributed by atoms with van der Waals surface area (Å²) >= 11 is 1.21. The molecule has 6 nitrogen and oxygen atoms in total. The molecule has 1 aliphatic carbocycles. The van der Waals surface area contributed by atoms with Crippen LogP contribution in [0, 0.1) is 0 Å². The number of rotatable bonds is 6. The molecule has 0 spiro atoms. The van der Waals surface area contributed by atoms with Gasteiger partial charge >= 0.3 is 6.03 Å². The first-order chi connectivity index (χ1) is 13.5. The van der Waals surface area contributed by atoms with E-state index in [0.717, 1.165) is 12.8 Å². The number of benzene rings is 1. The predicted octanol–water partition coefficient (Wildman–Crippen LogP) is 2.93. The van der Waals surface area contributed by atoms with Crippen molar-refractivity contribution in [1.29, 1.82) is 0 Å². The van der Waals surface area contributed by atoms with Crippen LogP contribution in [-0.2, 0) is 15.4 Å². The van der Waals surface area contributed by atoms with Gasteiger partial charge in [-0.1, -0.05) is 36.4 Å². The van der Waals surface area contributed by atoms with E-state index in [9.17, 15) is 13.2 Å². The third-order valence-electron chi connectivity index (χ3n) is 5.68. The molecular weight excluding hydrogens is 394 g/mol. The highest BCUT2D eigenvalue weighted by Crippen LogP contribution is 2.47. The van der Waals surface area contributed by atoms with Crippen LogP contribution < -0.4 is 10.0 Å². The fraction of sp³-hybridized carbons (Fsp3) is 0.450. The monoisotopic (exact) mass is 419 g/mol. The number of carbonyl (C=O) groups is 1. The maximum absolute atomic E-state index is 12.6. The number of nitrogens with one attached hydrogen (secondary N) is 2. The topological polar surface area (TPSA) is 78.5 Å². The quantitative estimate of drug-likeness (QED) is 0.756. The molecule has 1 aliphatic heterocycles. The van der Waals surface area contributed by atoms with Gasteiger partial charge in [-0.3, -0.25) is 0 Å². The number of urea groups is 1. The Morgan fingerprint density at radius 2 is 1.82 bits per heavy atom. The molecule has 0 radical (unpaired) electrons. The van der Waals surface area contributed by atoms with Crippen molar-refractivity contribution in [3.8, 4) is 0 Å². The fourth-order valence-corrected chi connectivity index (χ4v) is 6.08. The number of carbonyl (C=O) groups excluding carboxylic acids is 1. The summed E-state index contributed by atoms with van der Waals surface area (Å²) in [6, 6.07) is 13.5. The van der Waals surface area contributed by atoms with Gasteiger partial charge in [0.2, 0.25) is 10.0 Å². The Kier molecular flexibility index (Phi) is 5.44. The smallest absolute Gasteiger partial charge is 0.317 e. The van der Waals surface area contributed by atoms with E-state index >= 15 is 0 Å². The number of sulfonamides is 1. The molecule has 1 saturated heterocycles. The first-order valence-corrected chi connectivity index (χ1v) is 12.0. The van der Waals surface area contributed by atoms with Crippen molar-refractivity contribution in [2.45, 2.75) is 41.3 Å². The van der Waals surface area contributed by atoms with E-state index in [0.29, 0.717) is 36.7 Å². The van der Waals surface area contributed by atoms with E-state index in [4.69, 9.17) is 0 Å². The maximum Gasteiger partial charge on any atom is 0.317 e. The predicted molar refractivity (Wildman–Crippen MR) is 110 cm³/mol. The molecule has 8 heteroatoms. The summed E-state index contributed by atoms with van der Waals surface area (Å²) in [4.78, 5) is 14.3. The molecule has 2 aromatic rings. The van der Waals surface area contributed by atoms with Crippen LogP contribution >= 0.6 is 11.3 Å². The first kappa shape index (κ1) is 19.4. The number of hydrogen-bond acceptors (Lipinski definition) is 4. The second-order valence-electron chi connectivity index (χ2n) is 7.62. The summed E-state index contributed by atoms with van der Waals surface area (Å²) in [6.45, 7) is 1.77. The number of thiophene rings is 1. The van der Waals surface area contributed by atoms with Gasteiger partial charge in [0.15, 0.2) is 0 Å². The second-order valence-corrected chi connectivity index (χ2v) is 10.5. The van der Waals surface area contributed by atoms with Crippen LogP contribution in [0.5, 0.6) is 0 Å². The number of amides is 2. The molecule has 0 unspecified atom stereocenters. The Balaban J connectivity index is 1.26. The SMILES string of the molecule is O=C(NCC1(c2ccccc2)CC1)N1CCC(NS(=O)(=O)c2cccs2)CC1. The lowest BCUT2D eigenvalue weighted by Gasteiger charge is -2.32. The molecule has 1 aromatic heterocycles. The van der Waals surface area contributed by atoms with E-state index in [1.54, 1.807) is 22.4 Å². The summed E-state index contributed by atoms with van der Waals surface area (Å²) < 4.78 is 27.8. The van der Waals surface area contributed by atoms with Gasteiger partial charge in [-0.25, -0.2) is 17.9 Å². The molecule has 0 bridgehead atoms. The Morgan fingerprint density at radius 1 is 1.11 bits per heavy atom. The lowest BCUT2D eigenvalue weighted by atomic mass is 9.96. The second kappa shape index (κ2) is 7.85. The van der Waals surface area contributed by atoms with Crippen molar-refractivity contribution in [3.63, 3.8) is 0 Å². The average molecular weight is 420 g/mol. The summed E-state index contributed by atoms with van der Waals surface area (Å²) in [5.41, 5.74) is 1.38. The molecule has 0 atom stereocenters. The van der Waals surface area contributed by atoms with Crippen LogP contribution in [0.15, 0.2) is 52.1 Å². The Hall–Kier alpha value is -1.90. The van der Waals surface area contributed by atoms with Crippen molar-refractivity contribution in [3.05, 3.63) is 53.4 Å². The van der Waals surface area contributed by atoms with Gasteiger partial charge in [0, 0.05) is 31.1 Å². The normalized spacial score (nSPS) is 19.4. The van der Waals surface area contributed by atoms with E-state index in [1.165, 1.54) is 16.9 Å². The van der Waals surface area contributed by atoms with Crippen LogP contribution in [0.4, 0.5) is 4.79 Å². The van der Waals surface area contributed by atoms with E-state index in [1.807, 2.05) is 18.2 Å². The van der Waals surface area contributed by atoms with Gasteiger partial charge in [0.05, 0.1) is 0 Å². The zero-order valence-electron chi connectivity index (χ0n) is 15.6. The van der Waals surface area contributed by atoms with Crippen molar-refractivity contribution in [2.24, 2.45) is 0 Å². The molecule has 2 heterocycles. The Bertz CT molecular complexity index is 901. The molecule has 1 saturated carbocycles. The number of piperidine rings is 1. The van der Waals surface area contributed by atoms with Crippen LogP contribution in [0.1, 0.15) is 31.2 Å². The molecule has 2 amide bonds. The van der Waals surface area contributed by atoms with Gasteiger partial charge < -0.3 is 10.2 Å². The van der Waals surface area contributed by atoms with Gasteiger partial charge in [-0.15, -0.1) is 11.3 Å². The first-order valence-electron chi connectivity index (χ1n) is 9.63. The molecule has 4 rings (SSSR count). The number of nitrogens with zero attached hydrogens (tertiary/aromatic N) is 1. The highest BCUT2D eigenvalue weighted by atomic mass is 32.2. The van der Waals surface area contributed by atoms with Gasteiger partial charge in [-0.2, -0.15) is 0 Å². The van der Waals surface area contributed by atoms with E-state index < -0.39 is 10.0 Å². The van der Waals surface area contributed by atoms with Crippen molar-refractivity contribution < 1.29 is 13.2 Å². The zero-order valence-corrected chi connectivity index (χ0v) is 17.3. The third kappa shape index (κ3) is 4.24. The van der Waals surface area contributed by atoms with Crippen molar-refractivity contribution >= 4 is 27.4 Å². The highest BCUT2D eigenvalue weighted by molar-refractivity contribution is 7.91. The fourth-order valence-electron chi connectivity index (χ4n) is 3.76. The lowest BCUT2D eigenvalue weighted by Crippen LogP contribution is -2.50. The largest absolute Gasteiger partial charge is 0.337 e. The van der Waals surface area contributed by atoms with Crippen LogP contribution in [0.2, 0.25) is 0 Å². The van der Waals surface area contributed by atoms with Crippen LogP contribution in [0.3, 0.4) is 0 Å². The average Bonchev–Trinajstić information content (AvgIpc) is 3.28. The molecular formula is C20H25N3O3S2. The minimum absolute atomic E-state index is 0.0539. The van der Waals surface area contributed by atoms with Gasteiger partial charge in [-0.05, 0) is 42.7 Å². The summed E-state index contributed by atoms with van der Waals surface area (Å²) in [7, 11) is -3.46. The van der Waals surface area contributed by atoms with E-state index in [-0.39, 0.29) is 17.5 Å². The molecule has 28 heavy (non-hydrogen) atoms. The minimum Gasteiger partial charge on any atom is -0.337 e. The number of likely N-dealkylation sites (tertiary alicyclic amines) is 1. The molecule has 2 aliphatic rings. The molecule has 2 N–H and O–H groups in total. The van der Waals surface area contributed by atoms with Gasteiger partial charge in [0.1, 0.15) is 4.21 Å². The summed E-state index contributed by atoms with van der Waals surface area (Å²) in [6.07, 6.45) is 3.46. The third-order valence-corrected chi connectivity index (χ3v) is 8.60. The Labute approximate surface area is 170 Å². The summed E-state index contributed by atoms with van der Waals surface area (Å²) in [5, 5.41) is 4.84.